The van der Waals surface area contributed by atoms with Gasteiger partial charge in [0.1, 0.15) is 12.0 Å². The number of aliphatic imine (C=N–C) groups is 1. The van der Waals surface area contributed by atoms with Crippen LogP contribution in [0.5, 0.6) is 5.75 Å². The van der Waals surface area contributed by atoms with Gasteiger partial charge in [0.25, 0.3) is 0 Å². The van der Waals surface area contributed by atoms with Gasteiger partial charge in [0.2, 0.25) is 5.89 Å². The Bertz CT molecular complexity index is 968. The summed E-state index contributed by atoms with van der Waals surface area (Å²) in [7, 11) is 1.76. The van der Waals surface area contributed by atoms with Crippen LogP contribution in [-0.2, 0) is 13.1 Å². The number of benzene rings is 2. The summed E-state index contributed by atoms with van der Waals surface area (Å²) in [5.41, 5.74) is 2.91. The van der Waals surface area contributed by atoms with Crippen LogP contribution in [0.1, 0.15) is 36.9 Å². The fourth-order valence-corrected chi connectivity index (χ4v) is 3.63. The Morgan fingerprint density at radius 3 is 2.52 bits per heavy atom. The summed E-state index contributed by atoms with van der Waals surface area (Å²) in [4.78, 5) is 8.86. The van der Waals surface area contributed by atoms with E-state index in [2.05, 4.69) is 26.7 Å². The van der Waals surface area contributed by atoms with E-state index in [1.807, 2.05) is 48.5 Å². The van der Waals surface area contributed by atoms with Crippen LogP contribution in [0.3, 0.4) is 0 Å². The smallest absolute Gasteiger partial charge is 0.226 e. The summed E-state index contributed by atoms with van der Waals surface area (Å²) < 4.78 is 11.8. The van der Waals surface area contributed by atoms with Gasteiger partial charge in [-0.05, 0) is 43.9 Å². The van der Waals surface area contributed by atoms with E-state index in [0.29, 0.717) is 31.0 Å². The molecule has 0 bridgehead atoms. The van der Waals surface area contributed by atoms with Gasteiger partial charge < -0.3 is 19.8 Å². The van der Waals surface area contributed by atoms with Crippen LogP contribution in [0.4, 0.5) is 0 Å². The zero-order valence-corrected chi connectivity index (χ0v) is 20.0. The highest BCUT2D eigenvalue weighted by atomic mass is 127. The third-order valence-electron chi connectivity index (χ3n) is 5.25. The molecule has 164 valence electrons. The molecule has 0 radical (unpaired) electrons. The quantitative estimate of drug-likeness (QED) is 0.250. The van der Waals surface area contributed by atoms with E-state index in [4.69, 9.17) is 9.15 Å². The highest BCUT2D eigenvalue weighted by Crippen LogP contribution is 2.26. The van der Waals surface area contributed by atoms with Gasteiger partial charge in [0.05, 0.1) is 18.3 Å². The molecule has 1 aliphatic carbocycles. The predicted molar refractivity (Wildman–Crippen MR) is 134 cm³/mol. The zero-order valence-electron chi connectivity index (χ0n) is 17.7. The maximum absolute atomic E-state index is 6.22. The normalized spacial score (nSPS) is 14.2. The molecule has 1 fully saturated rings. The van der Waals surface area contributed by atoms with Gasteiger partial charge in [-0.15, -0.1) is 24.0 Å². The Morgan fingerprint density at radius 1 is 1.03 bits per heavy atom. The first-order valence-corrected chi connectivity index (χ1v) is 10.5. The SMILES string of the molecule is CN=C(NCc1coc(-c2ccccc2)n1)NCc1ccccc1OC1CCCC1.I. The second-order valence-corrected chi connectivity index (χ2v) is 7.42. The molecule has 1 heterocycles. The molecule has 1 saturated carbocycles. The molecule has 0 atom stereocenters. The highest BCUT2D eigenvalue weighted by Gasteiger charge is 2.17. The van der Waals surface area contributed by atoms with Gasteiger partial charge in [-0.25, -0.2) is 4.98 Å². The first-order chi connectivity index (χ1) is 14.8. The number of rotatable bonds is 7. The fraction of sp³-hybridized carbons (Fsp3) is 0.333. The lowest BCUT2D eigenvalue weighted by molar-refractivity contribution is 0.208. The van der Waals surface area contributed by atoms with Crippen molar-refractivity contribution in [1.82, 2.24) is 15.6 Å². The third-order valence-corrected chi connectivity index (χ3v) is 5.25. The summed E-state index contributed by atoms with van der Waals surface area (Å²) in [5, 5.41) is 6.65. The summed E-state index contributed by atoms with van der Waals surface area (Å²) in [6.45, 7) is 1.16. The van der Waals surface area contributed by atoms with E-state index in [1.165, 1.54) is 12.8 Å². The number of hydrogen-bond acceptors (Lipinski definition) is 4. The van der Waals surface area contributed by atoms with Crippen molar-refractivity contribution < 1.29 is 9.15 Å². The second-order valence-electron chi connectivity index (χ2n) is 7.42. The molecule has 31 heavy (non-hydrogen) atoms. The third kappa shape index (κ3) is 6.46. The van der Waals surface area contributed by atoms with Crippen molar-refractivity contribution in [3.8, 4) is 17.2 Å². The summed E-state index contributed by atoms with van der Waals surface area (Å²) >= 11 is 0. The average Bonchev–Trinajstić information content (AvgIpc) is 3.48. The summed E-state index contributed by atoms with van der Waals surface area (Å²) in [5.74, 6) is 2.28. The molecule has 4 rings (SSSR count). The van der Waals surface area contributed by atoms with Gasteiger partial charge in [-0.3, -0.25) is 4.99 Å². The van der Waals surface area contributed by atoms with Crippen molar-refractivity contribution in [2.45, 2.75) is 44.9 Å². The van der Waals surface area contributed by atoms with Crippen molar-refractivity contribution in [1.29, 1.82) is 0 Å². The van der Waals surface area contributed by atoms with Crippen LogP contribution in [0.15, 0.2) is 70.3 Å². The number of hydrogen-bond donors (Lipinski definition) is 2. The number of nitrogens with one attached hydrogen (secondary N) is 2. The first-order valence-electron chi connectivity index (χ1n) is 10.5. The lowest BCUT2D eigenvalue weighted by Gasteiger charge is -2.17. The lowest BCUT2D eigenvalue weighted by Crippen LogP contribution is -2.36. The molecule has 1 aliphatic rings. The summed E-state index contributed by atoms with van der Waals surface area (Å²) in [6.07, 6.45) is 6.83. The minimum absolute atomic E-state index is 0. The Kier molecular flexibility index (Phi) is 8.75. The largest absolute Gasteiger partial charge is 0.490 e. The van der Waals surface area contributed by atoms with Gasteiger partial charge in [-0.2, -0.15) is 0 Å². The second kappa shape index (κ2) is 11.7. The van der Waals surface area contributed by atoms with E-state index in [9.17, 15) is 0 Å². The molecule has 0 amide bonds. The van der Waals surface area contributed by atoms with E-state index in [-0.39, 0.29) is 24.0 Å². The van der Waals surface area contributed by atoms with E-state index in [1.54, 1.807) is 13.3 Å². The van der Waals surface area contributed by atoms with Gasteiger partial charge >= 0.3 is 0 Å². The molecule has 2 aromatic carbocycles. The Labute approximate surface area is 200 Å². The van der Waals surface area contributed by atoms with Crippen LogP contribution in [0, 0.1) is 0 Å². The van der Waals surface area contributed by atoms with Gasteiger partial charge in [0.15, 0.2) is 5.96 Å². The molecular weight excluding hydrogens is 503 g/mol. The first kappa shape index (κ1) is 23.1. The standard InChI is InChI=1S/C24H28N4O2.HI/c1-25-24(27-16-20-17-29-23(28-20)18-9-3-2-4-10-18)26-15-19-11-5-8-14-22(19)30-21-12-6-7-13-21;/h2-5,8-11,14,17,21H,6-7,12-13,15-16H2,1H3,(H2,25,26,27);1H. The van der Waals surface area contributed by atoms with E-state index in [0.717, 1.165) is 35.4 Å². The molecule has 6 nitrogen and oxygen atoms in total. The number of guanidine groups is 1. The number of oxazole rings is 1. The van der Waals surface area contributed by atoms with Crippen molar-refractivity contribution >= 4 is 29.9 Å². The molecular formula is C24H29IN4O2. The molecule has 0 unspecified atom stereocenters. The minimum atomic E-state index is 0. The van der Waals surface area contributed by atoms with Crippen LogP contribution >= 0.6 is 24.0 Å². The van der Waals surface area contributed by atoms with Gasteiger partial charge in [-0.1, -0.05) is 36.4 Å². The van der Waals surface area contributed by atoms with Crippen molar-refractivity contribution in [2.75, 3.05) is 7.05 Å². The predicted octanol–water partition coefficient (Wildman–Crippen LogP) is 5.15. The van der Waals surface area contributed by atoms with Crippen LogP contribution in [0.2, 0.25) is 0 Å². The Balaban J connectivity index is 0.00000272. The molecule has 0 spiro atoms. The maximum Gasteiger partial charge on any atom is 0.226 e. The number of halogens is 1. The van der Waals surface area contributed by atoms with Crippen molar-refractivity contribution in [3.05, 3.63) is 72.1 Å². The maximum atomic E-state index is 6.22. The number of ether oxygens (including phenoxy) is 1. The number of para-hydroxylation sites is 1. The lowest BCUT2D eigenvalue weighted by atomic mass is 10.2. The van der Waals surface area contributed by atoms with E-state index >= 15 is 0 Å². The average molecular weight is 532 g/mol. The minimum Gasteiger partial charge on any atom is -0.490 e. The topological polar surface area (TPSA) is 71.7 Å². The molecule has 2 N–H and O–H groups in total. The molecule has 7 heteroatoms. The van der Waals surface area contributed by atoms with Gasteiger partial charge in [0, 0.05) is 24.7 Å². The highest BCUT2D eigenvalue weighted by molar-refractivity contribution is 14.0. The molecule has 1 aromatic heterocycles. The molecule has 0 aliphatic heterocycles. The Morgan fingerprint density at radius 2 is 1.74 bits per heavy atom. The van der Waals surface area contributed by atoms with Crippen LogP contribution in [0.25, 0.3) is 11.5 Å². The summed E-state index contributed by atoms with van der Waals surface area (Å²) in [6, 6.07) is 18.1. The van der Waals surface area contributed by atoms with Crippen LogP contribution in [-0.4, -0.2) is 24.1 Å². The van der Waals surface area contributed by atoms with E-state index < -0.39 is 0 Å². The van der Waals surface area contributed by atoms with Crippen molar-refractivity contribution in [2.24, 2.45) is 4.99 Å². The fourth-order valence-electron chi connectivity index (χ4n) is 3.63. The molecule has 0 saturated heterocycles. The van der Waals surface area contributed by atoms with Crippen LogP contribution < -0.4 is 15.4 Å². The molecule has 3 aromatic rings. The zero-order chi connectivity index (χ0) is 20.6. The van der Waals surface area contributed by atoms with Crippen molar-refractivity contribution in [3.63, 3.8) is 0 Å². The Hall–Kier alpha value is -2.55. The number of aromatic nitrogens is 1. The monoisotopic (exact) mass is 532 g/mol. The number of nitrogens with zero attached hydrogens (tertiary/aromatic N) is 2.